The molecule has 18 heavy (non-hydrogen) atoms. The number of hydrogen-bond donors (Lipinski definition) is 5. The highest BCUT2D eigenvalue weighted by Crippen LogP contribution is 2.19. The van der Waals surface area contributed by atoms with Gasteiger partial charge in [0.2, 0.25) is 0 Å². The summed E-state index contributed by atoms with van der Waals surface area (Å²) in [5.74, 6) is 0.397. The maximum Gasteiger partial charge on any atom is 0.635 e. The molecule has 0 aliphatic rings. The Balaban J connectivity index is 0. The molecule has 7 heteroatoms. The summed E-state index contributed by atoms with van der Waals surface area (Å²) in [6, 6.07) is 0. The van der Waals surface area contributed by atoms with E-state index in [2.05, 4.69) is 4.65 Å². The first kappa shape index (κ1) is 20.1. The van der Waals surface area contributed by atoms with Crippen LogP contribution in [0.1, 0.15) is 48.0 Å². The highest BCUT2D eigenvalue weighted by atomic mass is 16.6. The molecule has 6 N–H and O–H groups in total. The minimum absolute atomic E-state index is 0.397. The highest BCUT2D eigenvalue weighted by Gasteiger charge is 2.31. The summed E-state index contributed by atoms with van der Waals surface area (Å²) in [5, 5.41) is 34.8. The number of rotatable bonds is 5. The summed E-state index contributed by atoms with van der Waals surface area (Å²) in [6.07, 6.45) is 0.0393. The maximum atomic E-state index is 9.10. The maximum absolute atomic E-state index is 9.10. The van der Waals surface area contributed by atoms with E-state index >= 15 is 0 Å². The van der Waals surface area contributed by atoms with Crippen molar-refractivity contribution in [3.05, 3.63) is 0 Å². The monoisotopic (exact) mass is 265 g/mol. The summed E-state index contributed by atoms with van der Waals surface area (Å²) >= 11 is 0. The highest BCUT2D eigenvalue weighted by molar-refractivity contribution is 6.32. The minimum Gasteiger partial charge on any atom is -0.402 e. The van der Waals surface area contributed by atoms with Gasteiger partial charge in [0, 0.05) is 0 Å². The fourth-order valence-corrected chi connectivity index (χ4v) is 0.677. The van der Waals surface area contributed by atoms with Gasteiger partial charge >= 0.3 is 7.32 Å². The largest absolute Gasteiger partial charge is 0.635 e. The molecule has 0 aliphatic carbocycles. The molecule has 0 aromatic heterocycles. The molecule has 1 atom stereocenters. The van der Waals surface area contributed by atoms with Gasteiger partial charge in [-0.15, -0.1) is 0 Å². The standard InChI is InChI=1S/C6H14O2.C5H14BNO3/c1-5(2,7)6(3,4)8;1-4(2)3-5(7)10-6(8)9/h7-8H,1-4H3;4-5,8-9H,3,7H2,1-2H3. The van der Waals surface area contributed by atoms with Crippen LogP contribution < -0.4 is 5.73 Å². The van der Waals surface area contributed by atoms with E-state index in [0.717, 1.165) is 0 Å². The third-order valence-corrected chi connectivity index (χ3v) is 2.50. The molecular formula is C11H28BNO5. The third-order valence-electron chi connectivity index (χ3n) is 2.50. The van der Waals surface area contributed by atoms with Crippen molar-refractivity contribution in [2.24, 2.45) is 11.7 Å². The molecule has 0 aromatic rings. The minimum atomic E-state index is -1.76. The van der Waals surface area contributed by atoms with E-state index in [1.54, 1.807) is 27.7 Å². The second kappa shape index (κ2) is 8.09. The Morgan fingerprint density at radius 3 is 1.56 bits per heavy atom. The van der Waals surface area contributed by atoms with Crippen LogP contribution in [0.3, 0.4) is 0 Å². The van der Waals surface area contributed by atoms with Gasteiger partial charge < -0.3 is 30.6 Å². The van der Waals surface area contributed by atoms with Crippen LogP contribution in [0.25, 0.3) is 0 Å². The van der Waals surface area contributed by atoms with Crippen molar-refractivity contribution in [2.45, 2.75) is 65.4 Å². The van der Waals surface area contributed by atoms with Crippen molar-refractivity contribution < 1.29 is 24.9 Å². The molecular weight excluding hydrogens is 237 g/mol. The molecule has 0 amide bonds. The summed E-state index contributed by atoms with van der Waals surface area (Å²) in [5.41, 5.74) is 3.32. The number of hydrogen-bond acceptors (Lipinski definition) is 6. The average molecular weight is 265 g/mol. The number of nitrogens with two attached hydrogens (primary N) is 1. The first-order chi connectivity index (χ1) is 7.77. The lowest BCUT2D eigenvalue weighted by Crippen LogP contribution is -2.44. The van der Waals surface area contributed by atoms with Crippen molar-refractivity contribution in [1.29, 1.82) is 0 Å². The fourth-order valence-electron chi connectivity index (χ4n) is 0.677. The Morgan fingerprint density at radius 2 is 1.39 bits per heavy atom. The summed E-state index contributed by atoms with van der Waals surface area (Å²) < 4.78 is 4.45. The zero-order chi connectivity index (χ0) is 15.1. The predicted molar refractivity (Wildman–Crippen MR) is 71.3 cm³/mol. The summed E-state index contributed by atoms with van der Waals surface area (Å²) in [6.45, 7) is 10.3. The van der Waals surface area contributed by atoms with Gasteiger partial charge in [-0.3, -0.25) is 0 Å². The molecule has 0 spiro atoms. The van der Waals surface area contributed by atoms with Gasteiger partial charge in [0.1, 0.15) is 0 Å². The van der Waals surface area contributed by atoms with Crippen molar-refractivity contribution in [1.82, 2.24) is 0 Å². The van der Waals surface area contributed by atoms with Crippen molar-refractivity contribution >= 4 is 7.32 Å². The van der Waals surface area contributed by atoms with E-state index in [9.17, 15) is 0 Å². The molecule has 0 rings (SSSR count). The Labute approximate surface area is 110 Å². The smallest absolute Gasteiger partial charge is 0.402 e. The van der Waals surface area contributed by atoms with Gasteiger partial charge in [-0.1, -0.05) is 13.8 Å². The third kappa shape index (κ3) is 12.3. The van der Waals surface area contributed by atoms with Crippen molar-refractivity contribution in [3.8, 4) is 0 Å². The molecule has 1 unspecified atom stereocenters. The van der Waals surface area contributed by atoms with Gasteiger partial charge in [0.05, 0.1) is 17.4 Å². The molecule has 0 aliphatic heterocycles. The molecule has 0 aromatic carbocycles. The Morgan fingerprint density at radius 1 is 1.06 bits per heavy atom. The van der Waals surface area contributed by atoms with Gasteiger partial charge in [-0.25, -0.2) is 0 Å². The van der Waals surface area contributed by atoms with Crippen LogP contribution in [-0.4, -0.2) is 45.0 Å². The zero-order valence-electron chi connectivity index (χ0n) is 12.2. The molecule has 0 bridgehead atoms. The van der Waals surface area contributed by atoms with Crippen molar-refractivity contribution in [2.75, 3.05) is 0 Å². The van der Waals surface area contributed by atoms with Crippen molar-refractivity contribution in [3.63, 3.8) is 0 Å². The average Bonchev–Trinajstić information content (AvgIpc) is 1.96. The van der Waals surface area contributed by atoms with E-state index in [4.69, 9.17) is 26.0 Å². The van der Waals surface area contributed by atoms with Gasteiger partial charge in [0.15, 0.2) is 0 Å². The molecule has 0 fully saturated rings. The Kier molecular flexibility index (Phi) is 9.05. The van der Waals surface area contributed by atoms with Gasteiger partial charge in [0.25, 0.3) is 0 Å². The van der Waals surface area contributed by atoms with Gasteiger partial charge in [-0.05, 0) is 40.0 Å². The second-order valence-electron chi connectivity index (χ2n) is 5.75. The van der Waals surface area contributed by atoms with Crippen LogP contribution in [0.5, 0.6) is 0 Å². The quantitative estimate of drug-likeness (QED) is 0.348. The number of aliphatic hydroxyl groups is 2. The predicted octanol–water partition coefficient (Wildman–Crippen LogP) is -0.168. The zero-order valence-corrected chi connectivity index (χ0v) is 12.2. The van der Waals surface area contributed by atoms with E-state index in [-0.39, 0.29) is 0 Å². The lowest BCUT2D eigenvalue weighted by Gasteiger charge is -2.31. The molecule has 0 saturated heterocycles. The Hall–Kier alpha value is -0.175. The van der Waals surface area contributed by atoms with Crippen LogP contribution in [0.4, 0.5) is 0 Å². The van der Waals surface area contributed by atoms with Gasteiger partial charge in [-0.2, -0.15) is 0 Å². The topological polar surface area (TPSA) is 116 Å². The molecule has 0 heterocycles. The second-order valence-corrected chi connectivity index (χ2v) is 5.75. The van der Waals surface area contributed by atoms with Crippen LogP contribution in [-0.2, 0) is 4.65 Å². The molecule has 0 saturated carbocycles. The first-order valence-electron chi connectivity index (χ1n) is 5.99. The molecule has 6 nitrogen and oxygen atoms in total. The fraction of sp³-hybridized carbons (Fsp3) is 1.00. The summed E-state index contributed by atoms with van der Waals surface area (Å²) in [7, 11) is -1.76. The van der Waals surface area contributed by atoms with E-state index in [1.807, 2.05) is 13.8 Å². The van der Waals surface area contributed by atoms with E-state index in [1.165, 1.54) is 0 Å². The van der Waals surface area contributed by atoms with Crippen LogP contribution in [0.15, 0.2) is 0 Å². The van der Waals surface area contributed by atoms with E-state index < -0.39 is 24.8 Å². The Bertz CT molecular complexity index is 188. The molecule has 0 radical (unpaired) electrons. The van der Waals surface area contributed by atoms with Crippen LogP contribution >= 0.6 is 0 Å². The van der Waals surface area contributed by atoms with E-state index in [0.29, 0.717) is 12.3 Å². The lowest BCUT2D eigenvalue weighted by molar-refractivity contribution is -0.107. The summed E-state index contributed by atoms with van der Waals surface area (Å²) in [4.78, 5) is 0. The van der Waals surface area contributed by atoms with Crippen LogP contribution in [0.2, 0.25) is 0 Å². The SMILES string of the molecule is CC(C)(O)C(C)(C)O.CC(C)CC(N)OB(O)O. The lowest BCUT2D eigenvalue weighted by atomic mass is 9.90. The first-order valence-corrected chi connectivity index (χ1v) is 5.99. The normalized spacial score (nSPS) is 14.0. The van der Waals surface area contributed by atoms with Crippen LogP contribution in [0, 0.1) is 5.92 Å². The molecule has 110 valence electrons.